The number of anilines is 2. The Bertz CT molecular complexity index is 1170. The summed E-state index contributed by atoms with van der Waals surface area (Å²) in [7, 11) is 0. The number of hydrogen-bond donors (Lipinski definition) is 2. The molecule has 1 fully saturated rings. The molecule has 1 amide bonds. The van der Waals surface area contributed by atoms with E-state index in [1.807, 2.05) is 0 Å². The first-order valence-electron chi connectivity index (χ1n) is 10.8. The molecule has 2 atom stereocenters. The highest BCUT2D eigenvalue weighted by atomic mass is 79.9. The molecule has 0 saturated carbocycles. The Kier molecular flexibility index (Phi) is 7.04. The van der Waals surface area contributed by atoms with Crippen molar-refractivity contribution in [3.63, 3.8) is 0 Å². The van der Waals surface area contributed by atoms with E-state index >= 15 is 0 Å². The van der Waals surface area contributed by atoms with E-state index in [2.05, 4.69) is 56.4 Å². The van der Waals surface area contributed by atoms with Crippen LogP contribution in [0.4, 0.5) is 20.1 Å². The van der Waals surface area contributed by atoms with E-state index in [4.69, 9.17) is 4.74 Å². The van der Waals surface area contributed by atoms with Crippen molar-refractivity contribution >= 4 is 44.5 Å². The van der Waals surface area contributed by atoms with Gasteiger partial charge in [-0.1, -0.05) is 20.8 Å². The van der Waals surface area contributed by atoms with Gasteiger partial charge in [-0.15, -0.1) is 0 Å². The number of nitrogens with one attached hydrogen (secondary N) is 1. The molecule has 4 rings (SSSR count). The quantitative estimate of drug-likeness (QED) is 0.367. The molecule has 2 unspecified atom stereocenters. The second-order valence-corrected chi connectivity index (χ2v) is 10.9. The summed E-state index contributed by atoms with van der Waals surface area (Å²) < 4.78 is 24.4. The molecule has 2 aromatic heterocycles. The Balaban J connectivity index is 1.51. The average Bonchev–Trinajstić information content (AvgIpc) is 3.25. The van der Waals surface area contributed by atoms with Crippen LogP contribution in [-0.2, 0) is 0 Å². The largest absolute Gasteiger partial charge is 0.465 e. The molecule has 3 aromatic rings. The number of rotatable bonds is 5. The molecule has 1 aromatic carbocycles. The minimum Gasteiger partial charge on any atom is -0.465 e. The predicted molar refractivity (Wildman–Crippen MR) is 132 cm³/mol. The van der Waals surface area contributed by atoms with Gasteiger partial charge in [0.05, 0.1) is 0 Å². The van der Waals surface area contributed by atoms with Crippen molar-refractivity contribution in [2.75, 3.05) is 11.9 Å². The first kappa shape index (κ1) is 24.3. The lowest BCUT2D eigenvalue weighted by Crippen LogP contribution is -2.51. The van der Waals surface area contributed by atoms with Gasteiger partial charge in [0.1, 0.15) is 17.4 Å². The summed E-state index contributed by atoms with van der Waals surface area (Å²) >= 11 is 4.61. The minimum atomic E-state index is -0.887. The highest BCUT2D eigenvalue weighted by molar-refractivity contribution is 9.10. The maximum Gasteiger partial charge on any atom is 0.407 e. The first-order valence-corrected chi connectivity index (χ1v) is 12.4. The fourth-order valence-corrected chi connectivity index (χ4v) is 4.98. The third-order valence-corrected chi connectivity index (χ3v) is 6.82. The Labute approximate surface area is 209 Å². The van der Waals surface area contributed by atoms with Crippen LogP contribution in [0.2, 0.25) is 0 Å². The van der Waals surface area contributed by atoms with E-state index in [1.54, 1.807) is 12.3 Å². The summed E-state index contributed by atoms with van der Waals surface area (Å²) in [5.74, 6) is 1.79. The van der Waals surface area contributed by atoms with E-state index in [-0.39, 0.29) is 23.2 Å². The summed E-state index contributed by atoms with van der Waals surface area (Å²) in [6.45, 7) is 6.62. The lowest BCUT2D eigenvalue weighted by atomic mass is 9.77. The molecule has 180 valence electrons. The van der Waals surface area contributed by atoms with Gasteiger partial charge in [-0.05, 0) is 58.5 Å². The SMILES string of the molecule is CC(C)(C)C1CC(c2nsc(Nc3ncc(Br)cc3Oc3ccc(F)cc3)n2)CCN1C(=O)O. The van der Waals surface area contributed by atoms with Crippen LogP contribution >= 0.6 is 27.5 Å². The monoisotopic (exact) mass is 549 g/mol. The third-order valence-electron chi connectivity index (χ3n) is 5.74. The highest BCUT2D eigenvalue weighted by Crippen LogP contribution is 2.39. The number of carboxylic acid groups (broad SMARTS) is 1. The molecule has 3 heterocycles. The van der Waals surface area contributed by atoms with Gasteiger partial charge in [-0.25, -0.2) is 19.2 Å². The van der Waals surface area contributed by atoms with Gasteiger partial charge >= 0.3 is 6.09 Å². The zero-order valence-corrected chi connectivity index (χ0v) is 21.4. The number of ether oxygens (including phenoxy) is 1. The molecule has 34 heavy (non-hydrogen) atoms. The second-order valence-electron chi connectivity index (χ2n) is 9.22. The summed E-state index contributed by atoms with van der Waals surface area (Å²) in [5.41, 5.74) is -0.192. The molecule has 11 heteroatoms. The van der Waals surface area contributed by atoms with Gasteiger partial charge in [-0.2, -0.15) is 4.37 Å². The van der Waals surface area contributed by atoms with Crippen LogP contribution in [0.15, 0.2) is 41.0 Å². The number of nitrogens with zero attached hydrogens (tertiary/aromatic N) is 4. The fraction of sp³-hybridized carbons (Fsp3) is 0.391. The zero-order valence-electron chi connectivity index (χ0n) is 19.0. The van der Waals surface area contributed by atoms with Crippen LogP contribution in [-0.4, -0.2) is 43.0 Å². The molecule has 0 bridgehead atoms. The van der Waals surface area contributed by atoms with Gasteiger partial charge in [-0.3, -0.25) is 0 Å². The van der Waals surface area contributed by atoms with Gasteiger partial charge in [0.15, 0.2) is 11.6 Å². The van der Waals surface area contributed by atoms with Crippen LogP contribution in [0.5, 0.6) is 11.5 Å². The highest BCUT2D eigenvalue weighted by Gasteiger charge is 2.40. The van der Waals surface area contributed by atoms with E-state index in [0.29, 0.717) is 47.7 Å². The van der Waals surface area contributed by atoms with Crippen LogP contribution in [0.1, 0.15) is 45.4 Å². The zero-order chi connectivity index (χ0) is 24.5. The average molecular weight is 550 g/mol. The van der Waals surface area contributed by atoms with Crippen LogP contribution < -0.4 is 10.1 Å². The van der Waals surface area contributed by atoms with E-state index < -0.39 is 6.09 Å². The van der Waals surface area contributed by atoms with Crippen LogP contribution in [0.3, 0.4) is 0 Å². The molecule has 0 radical (unpaired) electrons. The standard InChI is InChI=1S/C23H25BrFN5O3S/c1-23(2,3)18-10-13(8-9-30(18)22(31)32)19-27-21(34-29-19)28-20-17(11-14(24)12-26-20)33-16-6-4-15(25)5-7-16/h4-7,11-13,18H,8-10H2,1-3H3,(H,31,32)(H,26,27,28,29). The predicted octanol–water partition coefficient (Wildman–Crippen LogP) is 6.64. The maximum absolute atomic E-state index is 13.2. The Hall–Kier alpha value is -2.79. The number of pyridine rings is 1. The van der Waals surface area contributed by atoms with Gasteiger partial charge in [0, 0.05) is 46.8 Å². The molecule has 8 nitrogen and oxygen atoms in total. The maximum atomic E-state index is 13.2. The molecule has 0 spiro atoms. The number of carbonyl (C=O) groups is 1. The van der Waals surface area contributed by atoms with Crippen molar-refractivity contribution in [1.29, 1.82) is 0 Å². The normalized spacial score (nSPS) is 18.6. The number of piperidine rings is 1. The lowest BCUT2D eigenvalue weighted by Gasteiger charge is -2.44. The molecular formula is C23H25BrFN5O3S. The van der Waals surface area contributed by atoms with Crippen molar-refractivity contribution in [3.05, 3.63) is 52.6 Å². The van der Waals surface area contributed by atoms with Gasteiger partial charge in [0.2, 0.25) is 5.13 Å². The Morgan fingerprint density at radius 3 is 2.74 bits per heavy atom. The molecule has 2 N–H and O–H groups in total. The summed E-state index contributed by atoms with van der Waals surface area (Å²) in [4.78, 5) is 22.3. The molecular weight excluding hydrogens is 525 g/mol. The lowest BCUT2D eigenvalue weighted by molar-refractivity contribution is 0.0517. The second kappa shape index (κ2) is 9.83. The van der Waals surface area contributed by atoms with E-state index in [9.17, 15) is 14.3 Å². The number of likely N-dealkylation sites (tertiary alicyclic amines) is 1. The topological polar surface area (TPSA) is 100 Å². The summed E-state index contributed by atoms with van der Waals surface area (Å²) in [5, 5.41) is 13.3. The molecule has 1 saturated heterocycles. The Morgan fingerprint density at radius 2 is 2.06 bits per heavy atom. The molecule has 1 aliphatic heterocycles. The summed E-state index contributed by atoms with van der Waals surface area (Å²) in [6.07, 6.45) is 2.09. The summed E-state index contributed by atoms with van der Waals surface area (Å²) in [6, 6.07) is 7.37. The van der Waals surface area contributed by atoms with Crippen molar-refractivity contribution in [3.8, 4) is 11.5 Å². The van der Waals surface area contributed by atoms with Crippen LogP contribution in [0.25, 0.3) is 0 Å². The number of halogens is 2. The van der Waals surface area contributed by atoms with Crippen molar-refractivity contribution in [2.24, 2.45) is 5.41 Å². The number of amides is 1. The molecule has 0 aliphatic carbocycles. The van der Waals surface area contributed by atoms with Gasteiger partial charge < -0.3 is 20.1 Å². The van der Waals surface area contributed by atoms with E-state index in [1.165, 1.54) is 40.7 Å². The van der Waals surface area contributed by atoms with Crippen molar-refractivity contribution in [2.45, 2.75) is 45.6 Å². The number of benzene rings is 1. The Morgan fingerprint density at radius 1 is 1.32 bits per heavy atom. The molecule has 1 aliphatic rings. The van der Waals surface area contributed by atoms with Crippen molar-refractivity contribution in [1.82, 2.24) is 19.2 Å². The number of hydrogen-bond acceptors (Lipinski definition) is 7. The number of aromatic nitrogens is 3. The fourth-order valence-electron chi connectivity index (χ4n) is 4.02. The van der Waals surface area contributed by atoms with Crippen molar-refractivity contribution < 1.29 is 19.0 Å². The minimum absolute atomic E-state index is 0.0689. The third kappa shape index (κ3) is 5.64. The smallest absolute Gasteiger partial charge is 0.407 e. The van der Waals surface area contributed by atoms with E-state index in [0.717, 1.165) is 4.47 Å². The van der Waals surface area contributed by atoms with Gasteiger partial charge in [0.25, 0.3) is 0 Å². The first-order chi connectivity index (χ1) is 16.1. The van der Waals surface area contributed by atoms with Crippen LogP contribution in [0, 0.1) is 11.2 Å².